The first-order chi connectivity index (χ1) is 13.6. The standard InChI is InChI=1S/C22H23N5O/c1-15(17-7-4-3-5-8-17)24-22-19-10-12-27(16(2)28)14-20(19)25-21(26-22)18-9-6-11-23-13-18/h3-9,11,13,15H,10,12,14H2,1-2H3,(H,24,25,26). The van der Waals surface area contributed by atoms with E-state index in [2.05, 4.69) is 29.4 Å². The van der Waals surface area contributed by atoms with Crippen molar-refractivity contribution in [2.75, 3.05) is 11.9 Å². The minimum atomic E-state index is 0.0688. The molecule has 142 valence electrons. The normalized spacial score (nSPS) is 14.3. The van der Waals surface area contributed by atoms with Crippen molar-refractivity contribution in [1.82, 2.24) is 19.9 Å². The molecular weight excluding hydrogens is 350 g/mol. The van der Waals surface area contributed by atoms with Gasteiger partial charge in [0.25, 0.3) is 0 Å². The van der Waals surface area contributed by atoms with Gasteiger partial charge in [-0.2, -0.15) is 0 Å². The molecule has 0 saturated heterocycles. The lowest BCUT2D eigenvalue weighted by Gasteiger charge is -2.29. The molecule has 3 heterocycles. The summed E-state index contributed by atoms with van der Waals surface area (Å²) in [4.78, 5) is 27.5. The third-order valence-corrected chi connectivity index (χ3v) is 5.08. The van der Waals surface area contributed by atoms with Gasteiger partial charge in [-0.3, -0.25) is 9.78 Å². The number of fused-ring (bicyclic) bond motifs is 1. The fourth-order valence-electron chi connectivity index (χ4n) is 3.47. The fraction of sp³-hybridized carbons (Fsp3) is 0.273. The van der Waals surface area contributed by atoms with Gasteiger partial charge in [-0.1, -0.05) is 30.3 Å². The van der Waals surface area contributed by atoms with Crippen molar-refractivity contribution >= 4 is 11.7 Å². The molecule has 0 bridgehead atoms. The summed E-state index contributed by atoms with van der Waals surface area (Å²) in [5, 5.41) is 3.57. The molecule has 1 amide bonds. The molecule has 1 atom stereocenters. The lowest BCUT2D eigenvalue weighted by Crippen LogP contribution is -2.35. The zero-order valence-electron chi connectivity index (χ0n) is 16.1. The van der Waals surface area contributed by atoms with Gasteiger partial charge < -0.3 is 10.2 Å². The zero-order chi connectivity index (χ0) is 19.5. The molecule has 0 saturated carbocycles. The molecule has 3 aromatic rings. The SMILES string of the molecule is CC(=O)N1CCc2c(nc(-c3cccnc3)nc2NC(C)c2ccccc2)C1. The Bertz CT molecular complexity index is 975. The predicted octanol–water partition coefficient (Wildman–Crippen LogP) is 3.62. The van der Waals surface area contributed by atoms with E-state index in [-0.39, 0.29) is 11.9 Å². The van der Waals surface area contributed by atoms with Gasteiger partial charge in [0.1, 0.15) is 5.82 Å². The van der Waals surface area contributed by atoms with Crippen molar-refractivity contribution in [3.8, 4) is 11.4 Å². The average molecular weight is 373 g/mol. The number of pyridine rings is 1. The molecule has 28 heavy (non-hydrogen) atoms. The predicted molar refractivity (Wildman–Crippen MR) is 109 cm³/mol. The van der Waals surface area contributed by atoms with Crippen LogP contribution in [0.1, 0.15) is 36.7 Å². The molecule has 0 fully saturated rings. The molecule has 1 N–H and O–H groups in total. The smallest absolute Gasteiger partial charge is 0.219 e. The van der Waals surface area contributed by atoms with Crippen molar-refractivity contribution in [1.29, 1.82) is 0 Å². The number of aromatic nitrogens is 3. The van der Waals surface area contributed by atoms with Crippen LogP contribution >= 0.6 is 0 Å². The topological polar surface area (TPSA) is 71.0 Å². The highest BCUT2D eigenvalue weighted by Crippen LogP contribution is 2.29. The lowest BCUT2D eigenvalue weighted by molar-refractivity contribution is -0.129. The lowest BCUT2D eigenvalue weighted by atomic mass is 10.0. The summed E-state index contributed by atoms with van der Waals surface area (Å²) < 4.78 is 0. The van der Waals surface area contributed by atoms with Gasteiger partial charge >= 0.3 is 0 Å². The Hall–Kier alpha value is -3.28. The summed E-state index contributed by atoms with van der Waals surface area (Å²) in [6.07, 6.45) is 4.24. The minimum Gasteiger partial charge on any atom is -0.363 e. The highest BCUT2D eigenvalue weighted by Gasteiger charge is 2.24. The Morgan fingerprint density at radius 1 is 1.14 bits per heavy atom. The maximum Gasteiger partial charge on any atom is 0.219 e. The van der Waals surface area contributed by atoms with E-state index in [0.29, 0.717) is 18.9 Å². The Kier molecular flexibility index (Phi) is 5.02. The highest BCUT2D eigenvalue weighted by atomic mass is 16.2. The molecule has 1 aromatic carbocycles. The number of rotatable bonds is 4. The Morgan fingerprint density at radius 2 is 1.96 bits per heavy atom. The number of hydrogen-bond acceptors (Lipinski definition) is 5. The van der Waals surface area contributed by atoms with Gasteiger partial charge in [0.2, 0.25) is 5.91 Å². The summed E-state index contributed by atoms with van der Waals surface area (Å²) in [5.74, 6) is 1.53. The number of carbonyl (C=O) groups excluding carboxylic acids is 1. The van der Waals surface area contributed by atoms with Crippen molar-refractivity contribution < 1.29 is 4.79 Å². The second kappa shape index (κ2) is 7.76. The number of hydrogen-bond donors (Lipinski definition) is 1. The number of nitrogens with one attached hydrogen (secondary N) is 1. The highest BCUT2D eigenvalue weighted by molar-refractivity contribution is 5.74. The van der Waals surface area contributed by atoms with E-state index in [1.165, 1.54) is 5.56 Å². The molecule has 1 aliphatic rings. The maximum atomic E-state index is 11.9. The van der Waals surface area contributed by atoms with Crippen LogP contribution in [-0.4, -0.2) is 32.3 Å². The number of amides is 1. The van der Waals surface area contributed by atoms with Crippen LogP contribution in [0.3, 0.4) is 0 Å². The van der Waals surface area contributed by atoms with E-state index in [9.17, 15) is 4.79 Å². The third kappa shape index (κ3) is 3.71. The van der Waals surface area contributed by atoms with Crippen molar-refractivity contribution in [2.45, 2.75) is 32.9 Å². The molecule has 0 aliphatic carbocycles. The molecule has 1 unspecified atom stereocenters. The summed E-state index contributed by atoms with van der Waals surface area (Å²) >= 11 is 0. The first kappa shape index (κ1) is 18.1. The molecule has 2 aromatic heterocycles. The average Bonchev–Trinajstić information content (AvgIpc) is 2.74. The summed E-state index contributed by atoms with van der Waals surface area (Å²) in [5.41, 5.74) is 4.05. The molecule has 6 nitrogen and oxygen atoms in total. The van der Waals surface area contributed by atoms with Crippen LogP contribution in [0.2, 0.25) is 0 Å². The van der Waals surface area contributed by atoms with Crippen LogP contribution < -0.4 is 5.32 Å². The Balaban J connectivity index is 1.74. The number of benzene rings is 1. The van der Waals surface area contributed by atoms with E-state index in [4.69, 9.17) is 9.97 Å². The van der Waals surface area contributed by atoms with Crippen LogP contribution in [0, 0.1) is 0 Å². The van der Waals surface area contributed by atoms with Gasteiger partial charge in [0.15, 0.2) is 5.82 Å². The van der Waals surface area contributed by atoms with E-state index < -0.39 is 0 Å². The largest absolute Gasteiger partial charge is 0.363 e. The van der Waals surface area contributed by atoms with Gasteiger partial charge in [-0.15, -0.1) is 0 Å². The Labute approximate surface area is 164 Å². The summed E-state index contributed by atoms with van der Waals surface area (Å²) in [7, 11) is 0. The molecule has 1 aliphatic heterocycles. The summed E-state index contributed by atoms with van der Waals surface area (Å²) in [6, 6.07) is 14.2. The number of carbonyl (C=O) groups is 1. The van der Waals surface area contributed by atoms with E-state index in [1.807, 2.05) is 35.2 Å². The Morgan fingerprint density at radius 3 is 2.68 bits per heavy atom. The van der Waals surface area contributed by atoms with Crippen LogP contribution in [0.4, 0.5) is 5.82 Å². The van der Waals surface area contributed by atoms with E-state index >= 15 is 0 Å². The van der Waals surface area contributed by atoms with Gasteiger partial charge in [0, 0.05) is 43.0 Å². The zero-order valence-corrected chi connectivity index (χ0v) is 16.1. The molecule has 6 heteroatoms. The second-order valence-corrected chi connectivity index (χ2v) is 7.03. The third-order valence-electron chi connectivity index (χ3n) is 5.08. The molecule has 4 rings (SSSR count). The van der Waals surface area contributed by atoms with Crippen molar-refractivity contribution in [3.05, 3.63) is 71.7 Å². The van der Waals surface area contributed by atoms with Crippen LogP contribution in [0.25, 0.3) is 11.4 Å². The van der Waals surface area contributed by atoms with Crippen LogP contribution in [0.5, 0.6) is 0 Å². The fourth-order valence-corrected chi connectivity index (χ4v) is 3.47. The molecule has 0 radical (unpaired) electrons. The first-order valence-corrected chi connectivity index (χ1v) is 9.49. The van der Waals surface area contributed by atoms with Gasteiger partial charge in [0.05, 0.1) is 12.2 Å². The quantitative estimate of drug-likeness (QED) is 0.756. The van der Waals surface area contributed by atoms with Crippen molar-refractivity contribution in [2.24, 2.45) is 0 Å². The molecular formula is C22H23N5O. The van der Waals surface area contributed by atoms with E-state index in [1.54, 1.807) is 19.3 Å². The second-order valence-electron chi connectivity index (χ2n) is 7.03. The van der Waals surface area contributed by atoms with E-state index in [0.717, 1.165) is 29.1 Å². The monoisotopic (exact) mass is 373 g/mol. The van der Waals surface area contributed by atoms with Crippen LogP contribution in [0.15, 0.2) is 54.9 Å². The maximum absolute atomic E-state index is 11.9. The van der Waals surface area contributed by atoms with Crippen LogP contribution in [-0.2, 0) is 17.8 Å². The summed E-state index contributed by atoms with van der Waals surface area (Å²) in [6.45, 7) is 4.92. The minimum absolute atomic E-state index is 0.0688. The van der Waals surface area contributed by atoms with Gasteiger partial charge in [-0.25, -0.2) is 9.97 Å². The number of anilines is 1. The van der Waals surface area contributed by atoms with Crippen molar-refractivity contribution in [3.63, 3.8) is 0 Å². The number of nitrogens with zero attached hydrogens (tertiary/aromatic N) is 4. The van der Waals surface area contributed by atoms with Gasteiger partial charge in [-0.05, 0) is 31.0 Å². The molecule has 0 spiro atoms. The first-order valence-electron chi connectivity index (χ1n) is 9.49.